The van der Waals surface area contributed by atoms with E-state index in [1.54, 1.807) is 18.6 Å². The van der Waals surface area contributed by atoms with Gasteiger partial charge < -0.3 is 5.73 Å². The number of benzene rings is 1. The predicted octanol–water partition coefficient (Wildman–Crippen LogP) is 2.24. The standard InChI is InChI=1S/C19H16N6O2S/c1-21-28(26,27)17-9-14(10-23-19(17)20)13-2-3-16-15(8-13)18(25-11-24-16)12-4-6-22-7-5-12/h2-11,21H,1H3,(H2,20,23). The Morgan fingerprint density at radius 2 is 1.71 bits per heavy atom. The Labute approximate surface area is 161 Å². The normalized spacial score (nSPS) is 11.6. The maximum Gasteiger partial charge on any atom is 0.243 e. The van der Waals surface area contributed by atoms with Gasteiger partial charge in [-0.15, -0.1) is 0 Å². The van der Waals surface area contributed by atoms with Gasteiger partial charge in [-0.25, -0.2) is 28.1 Å². The van der Waals surface area contributed by atoms with Crippen molar-refractivity contribution in [2.75, 3.05) is 12.8 Å². The van der Waals surface area contributed by atoms with E-state index in [0.717, 1.165) is 27.7 Å². The van der Waals surface area contributed by atoms with Gasteiger partial charge in [0.25, 0.3) is 0 Å². The monoisotopic (exact) mass is 392 g/mol. The molecular formula is C19H16N6O2S. The van der Waals surface area contributed by atoms with Crippen LogP contribution in [0.1, 0.15) is 0 Å². The van der Waals surface area contributed by atoms with Crippen molar-refractivity contribution in [2.24, 2.45) is 0 Å². The lowest BCUT2D eigenvalue weighted by Gasteiger charge is -2.10. The Morgan fingerprint density at radius 3 is 2.46 bits per heavy atom. The number of nitrogens with zero attached hydrogens (tertiary/aromatic N) is 4. The summed E-state index contributed by atoms with van der Waals surface area (Å²) in [7, 11) is -2.39. The quantitative estimate of drug-likeness (QED) is 0.546. The Kier molecular flexibility index (Phi) is 4.46. The molecule has 0 saturated carbocycles. The van der Waals surface area contributed by atoms with Crippen molar-refractivity contribution < 1.29 is 8.42 Å². The molecule has 3 heterocycles. The molecule has 3 N–H and O–H groups in total. The van der Waals surface area contributed by atoms with Crippen LogP contribution in [0.25, 0.3) is 33.3 Å². The van der Waals surface area contributed by atoms with Gasteiger partial charge in [0.1, 0.15) is 17.0 Å². The molecule has 0 radical (unpaired) electrons. The number of nitrogens with two attached hydrogens (primary N) is 1. The molecule has 3 aromatic heterocycles. The summed E-state index contributed by atoms with van der Waals surface area (Å²) in [5.41, 5.74) is 9.61. The van der Waals surface area contributed by atoms with Gasteiger partial charge >= 0.3 is 0 Å². The van der Waals surface area contributed by atoms with Gasteiger partial charge in [0.15, 0.2) is 0 Å². The zero-order valence-electron chi connectivity index (χ0n) is 14.9. The lowest BCUT2D eigenvalue weighted by molar-refractivity contribution is 0.588. The van der Waals surface area contributed by atoms with Gasteiger partial charge in [-0.3, -0.25) is 4.98 Å². The summed E-state index contributed by atoms with van der Waals surface area (Å²) in [4.78, 5) is 16.8. The minimum Gasteiger partial charge on any atom is -0.383 e. The number of hydrogen-bond acceptors (Lipinski definition) is 7. The number of nitrogens with one attached hydrogen (secondary N) is 1. The summed E-state index contributed by atoms with van der Waals surface area (Å²) in [6.45, 7) is 0. The molecular weight excluding hydrogens is 376 g/mol. The molecule has 140 valence electrons. The first-order valence-corrected chi connectivity index (χ1v) is 9.82. The second-order valence-electron chi connectivity index (χ2n) is 6.01. The molecule has 8 nitrogen and oxygen atoms in total. The van der Waals surface area contributed by atoms with Crippen LogP contribution in [0.2, 0.25) is 0 Å². The van der Waals surface area contributed by atoms with Crippen LogP contribution in [0.3, 0.4) is 0 Å². The van der Waals surface area contributed by atoms with Crippen LogP contribution in [0.15, 0.2) is 66.2 Å². The first kappa shape index (κ1) is 18.0. The average molecular weight is 392 g/mol. The van der Waals surface area contributed by atoms with Crippen LogP contribution in [-0.2, 0) is 10.0 Å². The van der Waals surface area contributed by atoms with E-state index in [0.29, 0.717) is 5.56 Å². The molecule has 1 aromatic carbocycles. The van der Waals surface area contributed by atoms with Crippen LogP contribution in [-0.4, -0.2) is 35.4 Å². The van der Waals surface area contributed by atoms with E-state index >= 15 is 0 Å². The third-order valence-electron chi connectivity index (χ3n) is 4.36. The minimum atomic E-state index is -3.72. The molecule has 0 atom stereocenters. The van der Waals surface area contributed by atoms with Crippen LogP contribution < -0.4 is 10.5 Å². The van der Waals surface area contributed by atoms with E-state index in [1.807, 2.05) is 30.3 Å². The topological polar surface area (TPSA) is 124 Å². The fraction of sp³-hybridized carbons (Fsp3) is 0.0526. The van der Waals surface area contributed by atoms with Crippen molar-refractivity contribution in [3.63, 3.8) is 0 Å². The first-order valence-electron chi connectivity index (χ1n) is 8.34. The van der Waals surface area contributed by atoms with Gasteiger partial charge in [-0.1, -0.05) is 6.07 Å². The van der Waals surface area contributed by atoms with Crippen molar-refractivity contribution in [1.29, 1.82) is 0 Å². The number of sulfonamides is 1. The van der Waals surface area contributed by atoms with Gasteiger partial charge in [0, 0.05) is 35.1 Å². The summed E-state index contributed by atoms with van der Waals surface area (Å²) < 4.78 is 26.7. The van der Waals surface area contributed by atoms with Gasteiger partial charge in [0.05, 0.1) is 11.2 Å². The third kappa shape index (κ3) is 3.17. The van der Waals surface area contributed by atoms with Crippen molar-refractivity contribution in [3.8, 4) is 22.4 Å². The van der Waals surface area contributed by atoms with Crippen LogP contribution >= 0.6 is 0 Å². The summed E-state index contributed by atoms with van der Waals surface area (Å²) in [5.74, 6) is -0.0558. The summed E-state index contributed by atoms with van der Waals surface area (Å²) in [6.07, 6.45) is 6.46. The molecule has 28 heavy (non-hydrogen) atoms. The number of pyridine rings is 2. The van der Waals surface area contributed by atoms with Crippen LogP contribution in [0.4, 0.5) is 5.82 Å². The smallest absolute Gasteiger partial charge is 0.243 e. The van der Waals surface area contributed by atoms with Gasteiger partial charge in [-0.2, -0.15) is 0 Å². The number of nitrogen functional groups attached to an aromatic ring is 1. The number of anilines is 1. The highest BCUT2D eigenvalue weighted by Gasteiger charge is 2.18. The largest absolute Gasteiger partial charge is 0.383 e. The molecule has 0 aliphatic heterocycles. The number of aromatic nitrogens is 4. The molecule has 0 aliphatic rings. The molecule has 0 spiro atoms. The van der Waals surface area contributed by atoms with Gasteiger partial charge in [0.2, 0.25) is 10.0 Å². The van der Waals surface area contributed by atoms with E-state index in [4.69, 9.17) is 5.73 Å². The fourth-order valence-electron chi connectivity index (χ4n) is 2.91. The lowest BCUT2D eigenvalue weighted by Crippen LogP contribution is -2.20. The molecule has 0 aliphatic carbocycles. The van der Waals surface area contributed by atoms with Crippen LogP contribution in [0.5, 0.6) is 0 Å². The number of fused-ring (bicyclic) bond motifs is 1. The molecule has 0 amide bonds. The maximum atomic E-state index is 12.2. The Bertz CT molecular complexity index is 1280. The first-order chi connectivity index (χ1) is 13.5. The summed E-state index contributed by atoms with van der Waals surface area (Å²) in [5, 5.41) is 0.834. The molecule has 9 heteroatoms. The molecule has 0 unspecified atom stereocenters. The molecule has 4 aromatic rings. The van der Waals surface area contributed by atoms with Crippen molar-refractivity contribution in [1.82, 2.24) is 24.7 Å². The Morgan fingerprint density at radius 1 is 0.929 bits per heavy atom. The Hall–Kier alpha value is -3.43. The predicted molar refractivity (Wildman–Crippen MR) is 107 cm³/mol. The van der Waals surface area contributed by atoms with E-state index in [9.17, 15) is 8.42 Å². The molecule has 0 saturated heterocycles. The van der Waals surface area contributed by atoms with Crippen molar-refractivity contribution >= 4 is 26.7 Å². The maximum absolute atomic E-state index is 12.2. The second-order valence-corrected chi connectivity index (χ2v) is 7.86. The zero-order valence-corrected chi connectivity index (χ0v) is 15.7. The highest BCUT2D eigenvalue weighted by atomic mass is 32.2. The minimum absolute atomic E-state index is 0.0558. The third-order valence-corrected chi connectivity index (χ3v) is 5.81. The molecule has 0 fully saturated rings. The van der Waals surface area contributed by atoms with Crippen LogP contribution in [0, 0.1) is 0 Å². The summed E-state index contributed by atoms with van der Waals surface area (Å²) >= 11 is 0. The Balaban J connectivity index is 1.91. The number of rotatable bonds is 4. The summed E-state index contributed by atoms with van der Waals surface area (Å²) in [6, 6.07) is 10.9. The lowest BCUT2D eigenvalue weighted by atomic mass is 10.0. The van der Waals surface area contributed by atoms with E-state index < -0.39 is 10.0 Å². The van der Waals surface area contributed by atoms with Crippen molar-refractivity contribution in [2.45, 2.75) is 4.90 Å². The SMILES string of the molecule is CNS(=O)(=O)c1cc(-c2ccc3ncnc(-c4ccncc4)c3c2)cnc1N. The molecule has 4 rings (SSSR count). The van der Waals surface area contributed by atoms with Gasteiger partial charge in [-0.05, 0) is 42.9 Å². The van der Waals surface area contributed by atoms with E-state index in [2.05, 4.69) is 24.7 Å². The molecule has 0 bridgehead atoms. The fourth-order valence-corrected chi connectivity index (χ4v) is 3.74. The van der Waals surface area contributed by atoms with E-state index in [-0.39, 0.29) is 10.7 Å². The average Bonchev–Trinajstić information content (AvgIpc) is 2.74. The second kappa shape index (κ2) is 6.95. The van der Waals surface area contributed by atoms with E-state index in [1.165, 1.54) is 19.4 Å². The highest BCUT2D eigenvalue weighted by molar-refractivity contribution is 7.89. The van der Waals surface area contributed by atoms with Crippen molar-refractivity contribution in [3.05, 3.63) is 61.3 Å². The number of hydrogen-bond donors (Lipinski definition) is 2. The zero-order chi connectivity index (χ0) is 19.7. The highest BCUT2D eigenvalue weighted by Crippen LogP contribution is 2.31.